The monoisotopic (exact) mass is 441 g/mol. The zero-order valence-corrected chi connectivity index (χ0v) is 19.1. The van der Waals surface area contributed by atoms with Crippen LogP contribution in [-0.2, 0) is 0 Å². The molecule has 0 aliphatic heterocycles. The lowest BCUT2D eigenvalue weighted by atomic mass is 10.1. The van der Waals surface area contributed by atoms with Gasteiger partial charge in [0.2, 0.25) is 0 Å². The van der Waals surface area contributed by atoms with E-state index in [1.54, 1.807) is 23.1 Å². The number of aryl methyl sites for hydroxylation is 4. The van der Waals surface area contributed by atoms with Gasteiger partial charge in [-0.3, -0.25) is 4.90 Å². The van der Waals surface area contributed by atoms with Crippen molar-refractivity contribution in [1.82, 2.24) is 0 Å². The molecule has 5 nitrogen and oxygen atoms in total. The van der Waals surface area contributed by atoms with Crippen molar-refractivity contribution in [3.63, 3.8) is 0 Å². The Labute approximate surface area is 193 Å². The Morgan fingerprint density at radius 2 is 1.00 bits per heavy atom. The summed E-state index contributed by atoms with van der Waals surface area (Å²) in [5, 5.41) is 32.5. The fourth-order valence-corrected chi connectivity index (χ4v) is 3.77. The summed E-state index contributed by atoms with van der Waals surface area (Å²) in [6.45, 7) is 7.33. The number of nitrogens with zero attached hydrogens (tertiary/aromatic N) is 1. The minimum atomic E-state index is 0.0770. The molecule has 0 aromatic heterocycles. The summed E-state index contributed by atoms with van der Waals surface area (Å²) >= 11 is 0. The molecule has 0 spiro atoms. The number of benzene rings is 4. The number of phenols is 3. The van der Waals surface area contributed by atoms with Crippen LogP contribution in [0.3, 0.4) is 0 Å². The summed E-state index contributed by atoms with van der Waals surface area (Å²) in [6, 6.07) is 22.0. The Hall–Kier alpha value is -4.12. The predicted octanol–water partition coefficient (Wildman–Crippen LogP) is 7.30. The van der Waals surface area contributed by atoms with Gasteiger partial charge < -0.3 is 20.1 Å². The number of rotatable bonds is 5. The molecular formula is C28H27NO4. The lowest BCUT2D eigenvalue weighted by molar-refractivity contribution is 0.406. The Morgan fingerprint density at radius 3 is 1.61 bits per heavy atom. The Balaban J connectivity index is 1.96. The molecule has 4 aromatic rings. The van der Waals surface area contributed by atoms with Gasteiger partial charge in [-0.2, -0.15) is 0 Å². The summed E-state index contributed by atoms with van der Waals surface area (Å²) in [5.74, 6) is 1.10. The van der Waals surface area contributed by atoms with Gasteiger partial charge in [-0.1, -0.05) is 48.5 Å². The second-order valence-corrected chi connectivity index (χ2v) is 8.17. The average Bonchev–Trinajstić information content (AvgIpc) is 2.80. The minimum absolute atomic E-state index is 0.0770. The molecule has 0 heterocycles. The first kappa shape index (κ1) is 22.1. The van der Waals surface area contributed by atoms with Crippen LogP contribution >= 0.6 is 0 Å². The molecule has 0 bridgehead atoms. The van der Waals surface area contributed by atoms with Crippen molar-refractivity contribution >= 4 is 17.1 Å². The first-order chi connectivity index (χ1) is 15.8. The maximum atomic E-state index is 11.0. The van der Waals surface area contributed by atoms with Gasteiger partial charge in [0.25, 0.3) is 0 Å². The van der Waals surface area contributed by atoms with E-state index >= 15 is 0 Å². The van der Waals surface area contributed by atoms with Gasteiger partial charge >= 0.3 is 0 Å². The number of hydrogen-bond acceptors (Lipinski definition) is 5. The van der Waals surface area contributed by atoms with Crippen molar-refractivity contribution in [3.8, 4) is 28.7 Å². The van der Waals surface area contributed by atoms with E-state index in [0.717, 1.165) is 5.56 Å². The molecule has 33 heavy (non-hydrogen) atoms. The Kier molecular flexibility index (Phi) is 5.88. The number of ether oxygens (including phenoxy) is 1. The zero-order chi connectivity index (χ0) is 23.7. The molecule has 4 rings (SSSR count). The highest BCUT2D eigenvalue weighted by atomic mass is 16.5. The van der Waals surface area contributed by atoms with Crippen LogP contribution in [0.2, 0.25) is 0 Å². The van der Waals surface area contributed by atoms with Crippen molar-refractivity contribution in [2.24, 2.45) is 0 Å². The van der Waals surface area contributed by atoms with Crippen molar-refractivity contribution in [3.05, 3.63) is 95.1 Å². The first-order valence-electron chi connectivity index (χ1n) is 10.7. The van der Waals surface area contributed by atoms with Crippen LogP contribution in [0.4, 0.5) is 17.1 Å². The number of anilines is 3. The highest BCUT2D eigenvalue weighted by Crippen LogP contribution is 2.49. The normalized spacial score (nSPS) is 10.8. The summed E-state index contributed by atoms with van der Waals surface area (Å²) < 4.78 is 6.26. The van der Waals surface area contributed by atoms with Crippen LogP contribution in [0, 0.1) is 27.7 Å². The third kappa shape index (κ3) is 4.05. The second kappa shape index (κ2) is 8.79. The third-order valence-electron chi connectivity index (χ3n) is 5.76. The minimum Gasteiger partial charge on any atom is -0.505 e. The van der Waals surface area contributed by atoms with Crippen molar-refractivity contribution in [2.75, 3.05) is 4.90 Å². The fourth-order valence-electron chi connectivity index (χ4n) is 3.77. The van der Waals surface area contributed by atoms with Gasteiger partial charge in [0.1, 0.15) is 11.5 Å². The number of aromatic hydroxyl groups is 3. The molecule has 4 aromatic carbocycles. The molecule has 0 saturated carbocycles. The Bertz CT molecular complexity index is 1280. The molecule has 0 aliphatic carbocycles. The van der Waals surface area contributed by atoms with Gasteiger partial charge in [-0.15, -0.1) is 0 Å². The fraction of sp³-hybridized carbons (Fsp3) is 0.143. The third-order valence-corrected chi connectivity index (χ3v) is 5.76. The molecule has 3 N–H and O–H groups in total. The van der Waals surface area contributed by atoms with Crippen LogP contribution in [0.15, 0.2) is 72.8 Å². The highest BCUT2D eigenvalue weighted by molar-refractivity contribution is 5.86. The van der Waals surface area contributed by atoms with E-state index in [9.17, 15) is 15.3 Å². The summed E-state index contributed by atoms with van der Waals surface area (Å²) in [4.78, 5) is 1.77. The van der Waals surface area contributed by atoms with Gasteiger partial charge in [0.05, 0.1) is 17.1 Å². The van der Waals surface area contributed by atoms with Crippen LogP contribution in [0.25, 0.3) is 0 Å². The number of phenolic OH excluding ortho intramolecular Hbond substituents is 3. The SMILES string of the molecule is Cc1cccc(N(c2ccccc2Oc2c(C)ccc(C)c2O)c2cccc(C)c2O)c1O. The van der Waals surface area contributed by atoms with Gasteiger partial charge in [-0.05, 0) is 74.2 Å². The molecule has 0 fully saturated rings. The summed E-state index contributed by atoms with van der Waals surface area (Å²) in [6.07, 6.45) is 0. The van der Waals surface area contributed by atoms with E-state index in [1.807, 2.05) is 82.3 Å². The molecular weight excluding hydrogens is 414 g/mol. The zero-order valence-electron chi connectivity index (χ0n) is 19.1. The lowest BCUT2D eigenvalue weighted by Crippen LogP contribution is -2.12. The quantitative estimate of drug-likeness (QED) is 0.303. The molecule has 0 saturated heterocycles. The molecule has 0 radical (unpaired) electrons. The van der Waals surface area contributed by atoms with Crippen LogP contribution in [0.5, 0.6) is 28.7 Å². The van der Waals surface area contributed by atoms with Gasteiger partial charge in [0.15, 0.2) is 17.2 Å². The number of hydrogen-bond donors (Lipinski definition) is 3. The van der Waals surface area contributed by atoms with E-state index in [4.69, 9.17) is 4.74 Å². The summed E-state index contributed by atoms with van der Waals surface area (Å²) in [5.41, 5.74) is 4.49. The smallest absolute Gasteiger partial charge is 0.172 e. The van der Waals surface area contributed by atoms with E-state index in [2.05, 4.69) is 0 Å². The lowest BCUT2D eigenvalue weighted by Gasteiger charge is -2.29. The van der Waals surface area contributed by atoms with Crippen LogP contribution in [-0.4, -0.2) is 15.3 Å². The van der Waals surface area contributed by atoms with Crippen LogP contribution in [0.1, 0.15) is 22.3 Å². The molecule has 5 heteroatoms. The summed E-state index contributed by atoms with van der Waals surface area (Å²) in [7, 11) is 0. The predicted molar refractivity (Wildman–Crippen MR) is 132 cm³/mol. The van der Waals surface area contributed by atoms with Crippen LogP contribution < -0.4 is 9.64 Å². The highest BCUT2D eigenvalue weighted by Gasteiger charge is 2.24. The van der Waals surface area contributed by atoms with Gasteiger partial charge in [0, 0.05) is 0 Å². The maximum Gasteiger partial charge on any atom is 0.172 e. The Morgan fingerprint density at radius 1 is 0.515 bits per heavy atom. The topological polar surface area (TPSA) is 73.2 Å². The molecule has 0 amide bonds. The molecule has 0 atom stereocenters. The molecule has 168 valence electrons. The van der Waals surface area contributed by atoms with E-state index < -0.39 is 0 Å². The van der Waals surface area contributed by atoms with E-state index in [-0.39, 0.29) is 17.2 Å². The van der Waals surface area contributed by atoms with E-state index in [1.165, 1.54) is 0 Å². The standard InChI is InChI=1S/C28H27NO4/c1-17-9-7-12-22(25(17)30)29(23-13-8-10-18(2)26(23)31)21-11-5-6-14-24(21)33-28-20(4)16-15-19(3)27(28)32/h5-16,30-32H,1-4H3. The molecule has 0 unspecified atom stereocenters. The van der Waals surface area contributed by atoms with Crippen molar-refractivity contribution < 1.29 is 20.1 Å². The second-order valence-electron chi connectivity index (χ2n) is 8.17. The van der Waals surface area contributed by atoms with E-state index in [0.29, 0.717) is 45.3 Å². The first-order valence-corrected chi connectivity index (χ1v) is 10.7. The largest absolute Gasteiger partial charge is 0.505 e. The maximum absolute atomic E-state index is 11.0. The van der Waals surface area contributed by atoms with Gasteiger partial charge in [-0.25, -0.2) is 0 Å². The average molecular weight is 442 g/mol. The van der Waals surface area contributed by atoms with Crippen molar-refractivity contribution in [1.29, 1.82) is 0 Å². The number of para-hydroxylation sites is 4. The molecule has 0 aliphatic rings. The van der Waals surface area contributed by atoms with Crippen molar-refractivity contribution in [2.45, 2.75) is 27.7 Å².